The highest BCUT2D eigenvalue weighted by molar-refractivity contribution is 5.39. The lowest BCUT2D eigenvalue weighted by atomic mass is 9.73. The van der Waals surface area contributed by atoms with Crippen molar-refractivity contribution in [3.05, 3.63) is 65.7 Å². The number of quaternary nitrogens is 1. The molecule has 4 rings (SSSR count). The molecule has 3 nitrogen and oxygen atoms in total. The van der Waals surface area contributed by atoms with Gasteiger partial charge in [0.25, 0.3) is 0 Å². The molecule has 152 valence electrons. The molecule has 2 aromatic carbocycles. The molecule has 0 bridgehead atoms. The van der Waals surface area contributed by atoms with Crippen LogP contribution in [0.25, 0.3) is 0 Å². The van der Waals surface area contributed by atoms with Gasteiger partial charge >= 0.3 is 0 Å². The predicted molar refractivity (Wildman–Crippen MR) is 116 cm³/mol. The van der Waals surface area contributed by atoms with Crippen molar-refractivity contribution in [2.24, 2.45) is 5.92 Å². The van der Waals surface area contributed by atoms with E-state index < -0.39 is 5.60 Å². The van der Waals surface area contributed by atoms with Crippen molar-refractivity contribution in [3.8, 4) is 17.6 Å². The summed E-state index contributed by atoms with van der Waals surface area (Å²) in [5.74, 6) is 8.18. The number of benzene rings is 2. The first-order valence-electron chi connectivity index (χ1n) is 10.7. The fourth-order valence-corrected chi connectivity index (χ4v) is 4.64. The highest BCUT2D eigenvalue weighted by Crippen LogP contribution is 2.52. The van der Waals surface area contributed by atoms with Crippen molar-refractivity contribution in [1.82, 2.24) is 0 Å². The largest absolute Gasteiger partial charge is 0.487 e. The van der Waals surface area contributed by atoms with Gasteiger partial charge in [0.2, 0.25) is 0 Å². The Morgan fingerprint density at radius 1 is 1.03 bits per heavy atom. The first kappa shape index (κ1) is 20.0. The van der Waals surface area contributed by atoms with Crippen molar-refractivity contribution < 1.29 is 14.4 Å². The van der Waals surface area contributed by atoms with E-state index in [-0.39, 0.29) is 11.7 Å². The average molecular weight is 391 g/mol. The molecule has 0 amide bonds. The Balaban J connectivity index is 1.46. The third-order valence-corrected chi connectivity index (χ3v) is 6.27. The van der Waals surface area contributed by atoms with E-state index in [4.69, 9.17) is 9.47 Å². The Bertz CT molecular complexity index is 911. The van der Waals surface area contributed by atoms with Crippen molar-refractivity contribution >= 4 is 0 Å². The van der Waals surface area contributed by atoms with E-state index in [0.29, 0.717) is 5.92 Å². The number of para-hydroxylation sites is 1. The molecule has 2 aliphatic heterocycles. The van der Waals surface area contributed by atoms with Crippen LogP contribution in [0.3, 0.4) is 0 Å². The van der Waals surface area contributed by atoms with Crippen LogP contribution in [-0.2, 0) is 11.3 Å². The van der Waals surface area contributed by atoms with Crippen molar-refractivity contribution in [1.29, 1.82) is 0 Å². The zero-order chi connectivity index (χ0) is 20.5. The second-order valence-corrected chi connectivity index (χ2v) is 9.26. The molecule has 2 aliphatic rings. The van der Waals surface area contributed by atoms with Gasteiger partial charge in [-0.25, -0.2) is 0 Å². The van der Waals surface area contributed by atoms with E-state index in [1.54, 1.807) is 0 Å². The van der Waals surface area contributed by atoms with Gasteiger partial charge in [-0.05, 0) is 45.6 Å². The smallest absolute Gasteiger partial charge is 0.139 e. The Kier molecular flexibility index (Phi) is 5.42. The summed E-state index contributed by atoms with van der Waals surface area (Å²) in [6, 6.07) is 18.9. The quantitative estimate of drug-likeness (QED) is 0.806. The first-order valence-corrected chi connectivity index (χ1v) is 10.7. The minimum Gasteiger partial charge on any atom is -0.487 e. The van der Waals surface area contributed by atoms with Gasteiger partial charge in [0, 0.05) is 17.0 Å². The number of fused-ring (bicyclic) bond motifs is 3. The Morgan fingerprint density at radius 2 is 1.76 bits per heavy atom. The van der Waals surface area contributed by atoms with Gasteiger partial charge in [-0.2, -0.15) is 0 Å². The van der Waals surface area contributed by atoms with Crippen LogP contribution in [0.5, 0.6) is 5.75 Å². The topological polar surface area (TPSA) is 22.9 Å². The highest BCUT2D eigenvalue weighted by atomic mass is 16.5. The lowest BCUT2D eigenvalue weighted by molar-refractivity contribution is -0.886. The molecule has 1 unspecified atom stereocenters. The molecule has 1 saturated heterocycles. The normalized spacial score (nSPS) is 28.1. The fourth-order valence-electron chi connectivity index (χ4n) is 4.64. The number of hydrogen-bond acceptors (Lipinski definition) is 2. The van der Waals surface area contributed by atoms with Gasteiger partial charge in [-0.1, -0.05) is 54.5 Å². The molecule has 0 aliphatic carbocycles. The summed E-state index contributed by atoms with van der Waals surface area (Å²) in [5.41, 5.74) is 1.87. The standard InChI is InChI=1S/C26H31NO2/c1-25(2)22-15-17-26(3,29-24(22)21-13-8-9-14-23(21)28-25)16-10-18-27(4)19-20-11-6-5-7-12-20/h5-9,11-14,22,24H,15,17-19H2,1-4H3/p+1/t22-,24+,26+/m1/s1. The monoisotopic (exact) mass is 390 g/mol. The van der Waals surface area contributed by atoms with Crippen molar-refractivity contribution in [2.75, 3.05) is 13.6 Å². The van der Waals surface area contributed by atoms with E-state index in [9.17, 15) is 0 Å². The van der Waals surface area contributed by atoms with Crippen LogP contribution in [0.4, 0.5) is 0 Å². The number of rotatable bonds is 3. The van der Waals surface area contributed by atoms with E-state index in [1.165, 1.54) is 10.5 Å². The third-order valence-electron chi connectivity index (χ3n) is 6.27. The maximum absolute atomic E-state index is 6.68. The maximum atomic E-state index is 6.68. The Labute approximate surface area is 175 Å². The van der Waals surface area contributed by atoms with Gasteiger partial charge in [0.15, 0.2) is 0 Å². The zero-order valence-corrected chi connectivity index (χ0v) is 18.0. The predicted octanol–water partition coefficient (Wildman–Crippen LogP) is 3.80. The molecule has 29 heavy (non-hydrogen) atoms. The molecule has 4 atom stereocenters. The molecule has 1 fully saturated rings. The van der Waals surface area contributed by atoms with Crippen LogP contribution in [0.1, 0.15) is 50.8 Å². The lowest BCUT2D eigenvalue weighted by Crippen LogP contribution is -3.07. The molecule has 0 spiro atoms. The second kappa shape index (κ2) is 7.86. The molecule has 0 radical (unpaired) electrons. The minimum atomic E-state index is -0.408. The highest BCUT2D eigenvalue weighted by Gasteiger charge is 2.49. The first-order chi connectivity index (χ1) is 13.9. The molecule has 1 N–H and O–H groups in total. The van der Waals surface area contributed by atoms with Gasteiger partial charge in [0.05, 0.1) is 13.2 Å². The summed E-state index contributed by atoms with van der Waals surface area (Å²) < 4.78 is 13.0. The molecule has 0 saturated carbocycles. The summed E-state index contributed by atoms with van der Waals surface area (Å²) in [6.07, 6.45) is 2.04. The molecular weight excluding hydrogens is 358 g/mol. The third kappa shape index (κ3) is 4.34. The van der Waals surface area contributed by atoms with Crippen LogP contribution in [-0.4, -0.2) is 24.8 Å². The van der Waals surface area contributed by atoms with E-state index in [1.807, 2.05) is 6.07 Å². The Morgan fingerprint density at radius 3 is 2.55 bits per heavy atom. The number of ether oxygens (including phenoxy) is 2. The SMILES string of the molecule is C[NH+](CC#C[C@@]1(C)CC[C@@H]2[C@@H](O1)c1ccccc1OC2(C)C)Cc1ccccc1. The molecule has 0 aromatic heterocycles. The molecule has 3 heteroatoms. The summed E-state index contributed by atoms with van der Waals surface area (Å²) >= 11 is 0. The lowest BCUT2D eigenvalue weighted by Gasteiger charge is -2.50. The van der Waals surface area contributed by atoms with Gasteiger partial charge in [0.1, 0.15) is 30.0 Å². The van der Waals surface area contributed by atoms with Crippen LogP contribution >= 0.6 is 0 Å². The number of nitrogens with one attached hydrogen (secondary N) is 1. The van der Waals surface area contributed by atoms with Crippen LogP contribution in [0.15, 0.2) is 54.6 Å². The average Bonchev–Trinajstić information content (AvgIpc) is 2.68. The van der Waals surface area contributed by atoms with E-state index in [2.05, 4.69) is 88.2 Å². The maximum Gasteiger partial charge on any atom is 0.139 e. The molecule has 2 aromatic rings. The van der Waals surface area contributed by atoms with Crippen LogP contribution < -0.4 is 9.64 Å². The van der Waals surface area contributed by atoms with Crippen molar-refractivity contribution in [3.63, 3.8) is 0 Å². The van der Waals surface area contributed by atoms with E-state index >= 15 is 0 Å². The fraction of sp³-hybridized carbons (Fsp3) is 0.462. The second-order valence-electron chi connectivity index (χ2n) is 9.26. The number of hydrogen-bond donors (Lipinski definition) is 1. The van der Waals surface area contributed by atoms with Gasteiger partial charge < -0.3 is 14.4 Å². The molecular formula is C26H32NO2+. The van der Waals surface area contributed by atoms with Crippen LogP contribution in [0.2, 0.25) is 0 Å². The van der Waals surface area contributed by atoms with E-state index in [0.717, 1.165) is 37.2 Å². The van der Waals surface area contributed by atoms with Gasteiger partial charge in [-0.15, -0.1) is 0 Å². The summed E-state index contributed by atoms with van der Waals surface area (Å²) in [5, 5.41) is 0. The summed E-state index contributed by atoms with van der Waals surface area (Å²) in [6.45, 7) is 8.30. The van der Waals surface area contributed by atoms with Crippen LogP contribution in [0, 0.1) is 17.8 Å². The molecule has 2 heterocycles. The van der Waals surface area contributed by atoms with Crippen molar-refractivity contribution in [2.45, 2.75) is 57.5 Å². The van der Waals surface area contributed by atoms with Gasteiger partial charge in [-0.3, -0.25) is 0 Å². The Hall–Kier alpha value is -2.28. The minimum absolute atomic E-state index is 0.0393. The summed E-state index contributed by atoms with van der Waals surface area (Å²) in [7, 11) is 2.19. The summed E-state index contributed by atoms with van der Waals surface area (Å²) in [4.78, 5) is 1.39. The zero-order valence-electron chi connectivity index (χ0n) is 18.0.